The van der Waals surface area contributed by atoms with Crippen LogP contribution in [-0.2, 0) is 11.3 Å². The number of nitrogens with two attached hydrogens (primary N) is 1. The van der Waals surface area contributed by atoms with Gasteiger partial charge in [-0.2, -0.15) is 0 Å². The van der Waals surface area contributed by atoms with Crippen molar-refractivity contribution >= 4 is 51.6 Å². The van der Waals surface area contributed by atoms with E-state index in [4.69, 9.17) is 17.3 Å². The van der Waals surface area contributed by atoms with Gasteiger partial charge in [0.25, 0.3) is 0 Å². The van der Waals surface area contributed by atoms with Crippen LogP contribution < -0.4 is 5.73 Å². The van der Waals surface area contributed by atoms with Crippen molar-refractivity contribution in [1.29, 1.82) is 0 Å². The number of halogens is 1. The molecule has 1 aliphatic rings. The lowest BCUT2D eigenvalue weighted by Crippen LogP contribution is -2.56. The van der Waals surface area contributed by atoms with E-state index in [2.05, 4.69) is 33.9 Å². The lowest BCUT2D eigenvalue weighted by molar-refractivity contribution is -0.142. The lowest BCUT2D eigenvalue weighted by Gasteiger charge is -2.40. The minimum atomic E-state index is -0.103. The summed E-state index contributed by atoms with van der Waals surface area (Å²) in [5, 5.41) is 0.836. The second kappa shape index (κ2) is 9.12. The van der Waals surface area contributed by atoms with Crippen LogP contribution in [0.4, 0.5) is 5.82 Å². The molecule has 6 nitrogen and oxygen atoms in total. The number of nitrogens with zero attached hydrogens (tertiary/aromatic N) is 4. The van der Waals surface area contributed by atoms with Crippen LogP contribution in [0.5, 0.6) is 0 Å². The highest BCUT2D eigenvalue weighted by Gasteiger charge is 2.32. The monoisotopic (exact) mass is 441 g/mol. The second-order valence-electron chi connectivity index (χ2n) is 7.33. The van der Waals surface area contributed by atoms with Crippen molar-refractivity contribution in [2.24, 2.45) is 0 Å². The molecule has 2 aromatic heterocycles. The third kappa shape index (κ3) is 4.48. The molecule has 3 heterocycles. The smallest absolute Gasteiger partial charge is 0.240 e. The predicted molar refractivity (Wildman–Crippen MR) is 123 cm³/mol. The molecule has 8 heteroatoms. The van der Waals surface area contributed by atoms with Crippen molar-refractivity contribution in [3.8, 4) is 0 Å². The van der Waals surface area contributed by atoms with Gasteiger partial charge < -0.3 is 10.6 Å². The van der Waals surface area contributed by atoms with Crippen LogP contribution in [0.2, 0.25) is 4.34 Å². The number of fused-ring (bicyclic) bond motifs is 1. The number of hydrogen-bond donors (Lipinski definition) is 1. The Hall–Kier alpha value is -2.48. The van der Waals surface area contributed by atoms with Gasteiger partial charge in [0.1, 0.15) is 12.1 Å². The summed E-state index contributed by atoms with van der Waals surface area (Å²) in [7, 11) is 0. The van der Waals surface area contributed by atoms with Gasteiger partial charge in [-0.3, -0.25) is 9.69 Å². The number of carbonyl (C=O) groups is 1. The highest BCUT2D eigenvalue weighted by atomic mass is 35.5. The Bertz CT molecular complexity index is 1080. The first kappa shape index (κ1) is 20.8. The summed E-state index contributed by atoms with van der Waals surface area (Å²) in [6.45, 7) is 4.95. The molecule has 1 fully saturated rings. The molecule has 3 aromatic rings. The number of nitrogen functional groups attached to an aromatic ring is 1. The van der Waals surface area contributed by atoms with E-state index in [1.54, 1.807) is 11.3 Å². The Balaban J connectivity index is 1.42. The van der Waals surface area contributed by atoms with Gasteiger partial charge in [-0.15, -0.1) is 11.3 Å². The molecule has 0 bridgehead atoms. The van der Waals surface area contributed by atoms with Crippen molar-refractivity contribution in [2.45, 2.75) is 25.9 Å². The molecule has 1 atom stereocenters. The van der Waals surface area contributed by atoms with E-state index in [1.807, 2.05) is 35.2 Å². The molecule has 0 spiro atoms. The van der Waals surface area contributed by atoms with E-state index in [0.29, 0.717) is 18.9 Å². The highest BCUT2D eigenvalue weighted by Crippen LogP contribution is 2.23. The fourth-order valence-electron chi connectivity index (χ4n) is 3.85. The molecule has 30 heavy (non-hydrogen) atoms. The Morgan fingerprint density at radius 1 is 1.27 bits per heavy atom. The SMILES string of the molecule is CC[C@H]1C(=O)N(Cc2ccc3c(N)ncnc3c2)CCN1CC=Cc1ccc(Cl)s1. The topological polar surface area (TPSA) is 75.3 Å². The molecule has 2 N–H and O–H groups in total. The molecule has 0 aliphatic carbocycles. The maximum atomic E-state index is 13.1. The summed E-state index contributed by atoms with van der Waals surface area (Å²) in [6, 6.07) is 9.72. The van der Waals surface area contributed by atoms with E-state index >= 15 is 0 Å². The summed E-state index contributed by atoms with van der Waals surface area (Å²) in [4.78, 5) is 26.8. The Morgan fingerprint density at radius 2 is 2.13 bits per heavy atom. The number of rotatable bonds is 6. The quantitative estimate of drug-likeness (QED) is 0.624. The van der Waals surface area contributed by atoms with Gasteiger partial charge in [-0.25, -0.2) is 9.97 Å². The minimum Gasteiger partial charge on any atom is -0.383 e. The number of hydrogen-bond acceptors (Lipinski definition) is 6. The first-order valence-corrected chi connectivity index (χ1v) is 11.2. The molecule has 1 saturated heterocycles. The van der Waals surface area contributed by atoms with Crippen LogP contribution in [0.3, 0.4) is 0 Å². The number of aromatic nitrogens is 2. The first-order valence-electron chi connectivity index (χ1n) is 9.99. The zero-order valence-electron chi connectivity index (χ0n) is 16.8. The van der Waals surface area contributed by atoms with Crippen LogP contribution in [0.1, 0.15) is 23.8 Å². The van der Waals surface area contributed by atoms with E-state index < -0.39 is 0 Å². The standard InChI is InChI=1S/C22H24ClN5OS/c1-2-19-22(29)28(11-10-27(19)9-3-4-16-6-8-20(23)30-16)13-15-5-7-17-18(12-15)25-14-26-21(17)24/h3-8,12,14,19H,2,9-11,13H2,1H3,(H2,24,25,26)/t19-/m0/s1. The third-order valence-corrected chi connectivity index (χ3v) is 6.60. The molecular formula is C22H24ClN5OS. The molecule has 156 valence electrons. The van der Waals surface area contributed by atoms with Crippen molar-refractivity contribution in [3.05, 3.63) is 57.5 Å². The average Bonchev–Trinajstić information content (AvgIpc) is 3.15. The lowest BCUT2D eigenvalue weighted by atomic mass is 10.1. The van der Waals surface area contributed by atoms with Crippen LogP contribution in [-0.4, -0.2) is 51.4 Å². The number of amides is 1. The second-order valence-corrected chi connectivity index (χ2v) is 9.08. The maximum absolute atomic E-state index is 13.1. The van der Waals surface area contributed by atoms with Gasteiger partial charge in [0.2, 0.25) is 5.91 Å². The van der Waals surface area contributed by atoms with Crippen molar-refractivity contribution in [3.63, 3.8) is 0 Å². The number of piperazine rings is 1. The van der Waals surface area contributed by atoms with E-state index in [-0.39, 0.29) is 11.9 Å². The number of thiophene rings is 1. The summed E-state index contributed by atoms with van der Waals surface area (Å²) in [5.41, 5.74) is 7.76. The van der Waals surface area contributed by atoms with Crippen LogP contribution >= 0.6 is 22.9 Å². The van der Waals surface area contributed by atoms with Gasteiger partial charge in [0.15, 0.2) is 0 Å². The highest BCUT2D eigenvalue weighted by molar-refractivity contribution is 7.16. The molecule has 1 aromatic carbocycles. The molecule has 1 aliphatic heterocycles. The van der Waals surface area contributed by atoms with Gasteiger partial charge >= 0.3 is 0 Å². The van der Waals surface area contributed by atoms with Crippen LogP contribution in [0.15, 0.2) is 42.7 Å². The van der Waals surface area contributed by atoms with Crippen molar-refractivity contribution < 1.29 is 4.79 Å². The summed E-state index contributed by atoms with van der Waals surface area (Å²) in [6.07, 6.45) is 6.44. The van der Waals surface area contributed by atoms with Gasteiger partial charge in [0.05, 0.1) is 15.9 Å². The fourth-order valence-corrected chi connectivity index (χ4v) is 4.85. The third-order valence-electron chi connectivity index (χ3n) is 5.40. The largest absolute Gasteiger partial charge is 0.383 e. The predicted octanol–water partition coefficient (Wildman–Crippen LogP) is 4.06. The summed E-state index contributed by atoms with van der Waals surface area (Å²) in [5.74, 6) is 0.652. The minimum absolute atomic E-state index is 0.103. The Labute approximate surface area is 185 Å². The molecule has 0 saturated carbocycles. The van der Waals surface area contributed by atoms with Crippen LogP contribution in [0.25, 0.3) is 17.0 Å². The normalized spacial score (nSPS) is 18.0. The Morgan fingerprint density at radius 3 is 2.90 bits per heavy atom. The fraction of sp³-hybridized carbons (Fsp3) is 0.318. The maximum Gasteiger partial charge on any atom is 0.240 e. The molecule has 4 rings (SSSR count). The van der Waals surface area contributed by atoms with Crippen LogP contribution in [0, 0.1) is 0 Å². The van der Waals surface area contributed by atoms with E-state index in [1.165, 1.54) is 6.33 Å². The first-order chi connectivity index (χ1) is 14.5. The number of benzene rings is 1. The zero-order valence-corrected chi connectivity index (χ0v) is 18.4. The Kier molecular flexibility index (Phi) is 6.32. The zero-order chi connectivity index (χ0) is 21.1. The van der Waals surface area contributed by atoms with Gasteiger partial charge in [-0.1, -0.05) is 30.7 Å². The van der Waals surface area contributed by atoms with E-state index in [0.717, 1.165) is 45.2 Å². The molecule has 0 radical (unpaired) electrons. The summed E-state index contributed by atoms with van der Waals surface area (Å²) < 4.78 is 0.785. The summed E-state index contributed by atoms with van der Waals surface area (Å²) >= 11 is 7.54. The van der Waals surface area contributed by atoms with Crippen molar-refractivity contribution in [2.75, 3.05) is 25.4 Å². The molecule has 1 amide bonds. The molecule has 0 unspecified atom stereocenters. The van der Waals surface area contributed by atoms with Gasteiger partial charge in [0, 0.05) is 36.4 Å². The van der Waals surface area contributed by atoms with Crippen molar-refractivity contribution in [1.82, 2.24) is 19.8 Å². The number of anilines is 1. The van der Waals surface area contributed by atoms with Gasteiger partial charge in [-0.05, 0) is 42.3 Å². The molecular weight excluding hydrogens is 418 g/mol. The number of carbonyl (C=O) groups excluding carboxylic acids is 1. The average molecular weight is 442 g/mol. The van der Waals surface area contributed by atoms with E-state index in [9.17, 15) is 4.79 Å².